The molecule has 1 aromatic heterocycles. The van der Waals surface area contributed by atoms with Crippen molar-refractivity contribution in [3.8, 4) is 0 Å². The molecule has 0 spiro atoms. The normalized spacial score (nSPS) is 24.4. The number of carbonyl (C=O) groups excluding carboxylic acids is 1. The van der Waals surface area contributed by atoms with E-state index in [-0.39, 0.29) is 17.8 Å². The molecule has 2 unspecified atom stereocenters. The lowest BCUT2D eigenvalue weighted by atomic mass is 10.1. The number of benzene rings is 1. The van der Waals surface area contributed by atoms with Crippen molar-refractivity contribution >= 4 is 5.91 Å². The van der Waals surface area contributed by atoms with Crippen LogP contribution in [0.2, 0.25) is 0 Å². The quantitative estimate of drug-likeness (QED) is 0.890. The van der Waals surface area contributed by atoms with Crippen LogP contribution in [0.25, 0.3) is 0 Å². The van der Waals surface area contributed by atoms with Crippen LogP contribution in [0.15, 0.2) is 30.3 Å². The minimum Gasteiger partial charge on any atom is -0.346 e. The molecule has 2 aromatic rings. The maximum absolute atomic E-state index is 12.1. The summed E-state index contributed by atoms with van der Waals surface area (Å²) in [5.74, 6) is 1.87. The first kappa shape index (κ1) is 11.6. The molecule has 2 fully saturated rings. The lowest BCUT2D eigenvalue weighted by molar-refractivity contribution is 0.0940. The van der Waals surface area contributed by atoms with E-state index in [1.54, 1.807) is 0 Å². The average molecular weight is 268 g/mol. The number of aromatic amines is 1. The fourth-order valence-corrected chi connectivity index (χ4v) is 2.57. The summed E-state index contributed by atoms with van der Waals surface area (Å²) in [4.78, 5) is 16.3. The largest absolute Gasteiger partial charge is 0.346 e. The zero-order valence-corrected chi connectivity index (χ0v) is 11.0. The highest BCUT2D eigenvalue weighted by molar-refractivity contribution is 5.90. The smallest absolute Gasteiger partial charge is 0.291 e. The van der Waals surface area contributed by atoms with Crippen LogP contribution in [0, 0.1) is 0 Å². The van der Waals surface area contributed by atoms with Crippen molar-refractivity contribution in [3.05, 3.63) is 47.5 Å². The molecule has 0 radical (unpaired) electrons. The van der Waals surface area contributed by atoms with Crippen molar-refractivity contribution in [2.45, 2.75) is 37.1 Å². The molecule has 5 heteroatoms. The highest BCUT2D eigenvalue weighted by atomic mass is 16.2. The maximum Gasteiger partial charge on any atom is 0.291 e. The van der Waals surface area contributed by atoms with E-state index in [0.717, 1.165) is 25.1 Å². The van der Waals surface area contributed by atoms with Crippen molar-refractivity contribution in [2.75, 3.05) is 0 Å². The summed E-state index contributed by atoms with van der Waals surface area (Å²) in [7, 11) is 0. The second-order valence-electron chi connectivity index (χ2n) is 5.65. The number of nitrogens with zero attached hydrogens (tertiary/aromatic N) is 2. The third-order valence-electron chi connectivity index (χ3n) is 4.00. The summed E-state index contributed by atoms with van der Waals surface area (Å²) in [6.07, 6.45) is 3.29. The molecule has 4 rings (SSSR count). The summed E-state index contributed by atoms with van der Waals surface area (Å²) in [6, 6.07) is 10.5. The summed E-state index contributed by atoms with van der Waals surface area (Å²) >= 11 is 0. The lowest BCUT2D eigenvalue weighted by Gasteiger charge is -2.01. The number of nitrogens with one attached hydrogen (secondary N) is 2. The van der Waals surface area contributed by atoms with Gasteiger partial charge in [0.05, 0.1) is 0 Å². The van der Waals surface area contributed by atoms with Crippen LogP contribution < -0.4 is 5.32 Å². The van der Waals surface area contributed by atoms with Gasteiger partial charge in [0.2, 0.25) is 5.82 Å². The molecule has 20 heavy (non-hydrogen) atoms. The number of H-pyrrole nitrogens is 1. The predicted octanol–water partition coefficient (Wildman–Crippen LogP) is 1.97. The van der Waals surface area contributed by atoms with Crippen molar-refractivity contribution in [1.82, 2.24) is 20.5 Å². The Labute approximate surface area is 116 Å². The van der Waals surface area contributed by atoms with Gasteiger partial charge in [-0.2, -0.15) is 0 Å². The SMILES string of the molecule is O=C(NC1CC1c1ccccc1)c1n[nH]c(C2CC2)n1. The Morgan fingerprint density at radius 1 is 1.25 bits per heavy atom. The summed E-state index contributed by atoms with van der Waals surface area (Å²) in [5, 5.41) is 9.88. The highest BCUT2D eigenvalue weighted by Crippen LogP contribution is 2.41. The maximum atomic E-state index is 12.1. The minimum atomic E-state index is -0.170. The van der Waals surface area contributed by atoms with Gasteiger partial charge in [0.25, 0.3) is 5.91 Å². The van der Waals surface area contributed by atoms with Crippen LogP contribution in [-0.2, 0) is 0 Å². The molecule has 2 aliphatic carbocycles. The molecular formula is C15H16N4O. The highest BCUT2D eigenvalue weighted by Gasteiger charge is 2.40. The van der Waals surface area contributed by atoms with E-state index in [0.29, 0.717) is 11.8 Å². The van der Waals surface area contributed by atoms with Gasteiger partial charge in [0.1, 0.15) is 5.82 Å². The Bertz CT molecular complexity index is 632. The Morgan fingerprint density at radius 2 is 2.05 bits per heavy atom. The van der Waals surface area contributed by atoms with Gasteiger partial charge < -0.3 is 5.32 Å². The van der Waals surface area contributed by atoms with Crippen LogP contribution in [0.3, 0.4) is 0 Å². The number of hydrogen-bond donors (Lipinski definition) is 2. The molecule has 102 valence electrons. The third-order valence-corrected chi connectivity index (χ3v) is 4.00. The molecule has 0 aliphatic heterocycles. The van der Waals surface area contributed by atoms with Crippen LogP contribution in [0.1, 0.15) is 53.1 Å². The molecule has 0 bridgehead atoms. The number of rotatable bonds is 4. The second kappa shape index (κ2) is 4.44. The van der Waals surface area contributed by atoms with Gasteiger partial charge >= 0.3 is 0 Å². The average Bonchev–Trinajstić information content (AvgIpc) is 3.40. The molecule has 2 N–H and O–H groups in total. The van der Waals surface area contributed by atoms with Crippen LogP contribution in [0.5, 0.6) is 0 Å². The Kier molecular flexibility index (Phi) is 2.58. The molecular weight excluding hydrogens is 252 g/mol. The fraction of sp³-hybridized carbons (Fsp3) is 0.400. The van der Waals surface area contributed by atoms with Gasteiger partial charge in [0, 0.05) is 17.9 Å². The topological polar surface area (TPSA) is 70.7 Å². The molecule has 2 atom stereocenters. The van der Waals surface area contributed by atoms with E-state index in [9.17, 15) is 4.79 Å². The van der Waals surface area contributed by atoms with Gasteiger partial charge in [-0.05, 0) is 24.8 Å². The molecule has 1 aromatic carbocycles. The Morgan fingerprint density at radius 3 is 2.80 bits per heavy atom. The first-order valence-electron chi connectivity index (χ1n) is 7.09. The first-order valence-corrected chi connectivity index (χ1v) is 7.09. The van der Waals surface area contributed by atoms with E-state index in [1.165, 1.54) is 5.56 Å². The van der Waals surface area contributed by atoms with Gasteiger partial charge in [-0.15, -0.1) is 5.10 Å². The zero-order chi connectivity index (χ0) is 13.5. The lowest BCUT2D eigenvalue weighted by Crippen LogP contribution is -2.27. The molecule has 0 saturated heterocycles. The van der Waals surface area contributed by atoms with Gasteiger partial charge in [0.15, 0.2) is 0 Å². The monoisotopic (exact) mass is 268 g/mol. The van der Waals surface area contributed by atoms with Gasteiger partial charge in [-0.1, -0.05) is 30.3 Å². The fourth-order valence-electron chi connectivity index (χ4n) is 2.57. The zero-order valence-electron chi connectivity index (χ0n) is 11.0. The van der Waals surface area contributed by atoms with Crippen LogP contribution in [-0.4, -0.2) is 27.1 Å². The number of aromatic nitrogens is 3. The summed E-state index contributed by atoms with van der Waals surface area (Å²) < 4.78 is 0. The van der Waals surface area contributed by atoms with Gasteiger partial charge in [-0.3, -0.25) is 9.89 Å². The standard InChI is InChI=1S/C15H16N4O/c20-15(14-17-13(18-19-14)10-6-7-10)16-12-8-11(12)9-4-2-1-3-5-9/h1-5,10-12H,6-8H2,(H,16,20)(H,17,18,19). The van der Waals surface area contributed by atoms with E-state index in [4.69, 9.17) is 0 Å². The Hall–Kier alpha value is -2.17. The van der Waals surface area contributed by atoms with Crippen molar-refractivity contribution in [3.63, 3.8) is 0 Å². The van der Waals surface area contributed by atoms with E-state index < -0.39 is 0 Å². The molecule has 1 heterocycles. The van der Waals surface area contributed by atoms with Gasteiger partial charge in [-0.25, -0.2) is 4.98 Å². The predicted molar refractivity (Wildman–Crippen MR) is 73.4 cm³/mol. The minimum absolute atomic E-state index is 0.170. The van der Waals surface area contributed by atoms with Crippen molar-refractivity contribution in [2.24, 2.45) is 0 Å². The molecule has 1 amide bonds. The number of carbonyl (C=O) groups is 1. The van der Waals surface area contributed by atoms with Crippen LogP contribution >= 0.6 is 0 Å². The molecule has 2 aliphatic rings. The number of amides is 1. The molecule has 2 saturated carbocycles. The van der Waals surface area contributed by atoms with Crippen molar-refractivity contribution < 1.29 is 4.79 Å². The molecule has 5 nitrogen and oxygen atoms in total. The van der Waals surface area contributed by atoms with E-state index in [2.05, 4.69) is 32.6 Å². The Balaban J connectivity index is 1.38. The summed E-state index contributed by atoms with van der Waals surface area (Å²) in [5.41, 5.74) is 1.28. The summed E-state index contributed by atoms with van der Waals surface area (Å²) in [6.45, 7) is 0. The second-order valence-corrected chi connectivity index (χ2v) is 5.65. The van der Waals surface area contributed by atoms with E-state index in [1.807, 2.05) is 18.2 Å². The number of hydrogen-bond acceptors (Lipinski definition) is 3. The van der Waals surface area contributed by atoms with Crippen LogP contribution in [0.4, 0.5) is 0 Å². The first-order chi connectivity index (χ1) is 9.81. The third kappa shape index (κ3) is 2.19. The van der Waals surface area contributed by atoms with E-state index >= 15 is 0 Å². The van der Waals surface area contributed by atoms with Crippen molar-refractivity contribution in [1.29, 1.82) is 0 Å².